The van der Waals surface area contributed by atoms with Gasteiger partial charge in [0.1, 0.15) is 0 Å². The van der Waals surface area contributed by atoms with E-state index in [-0.39, 0.29) is 0 Å². The predicted octanol–water partition coefficient (Wildman–Crippen LogP) is 4.63. The van der Waals surface area contributed by atoms with Crippen LogP contribution in [0.2, 0.25) is 13.1 Å². The van der Waals surface area contributed by atoms with Crippen LogP contribution in [0.1, 0.15) is 0 Å². The molecule has 0 amide bonds. The van der Waals surface area contributed by atoms with E-state index in [4.69, 9.17) is 0 Å². The highest BCUT2D eigenvalue weighted by Crippen LogP contribution is 2.41. The molecule has 0 spiro atoms. The molecule has 1 N–H and O–H groups in total. The van der Waals surface area contributed by atoms with E-state index in [0.717, 1.165) is 0 Å². The Balaban J connectivity index is 1.83. The molecule has 0 saturated heterocycles. The number of hydrogen-bond donors (Lipinski definition) is 1. The van der Waals surface area contributed by atoms with Crippen LogP contribution < -0.4 is 31.3 Å². The molecule has 4 aromatic rings. The Hall–Kier alpha value is -2.08. The lowest BCUT2D eigenvalue weighted by Crippen LogP contribution is -2.40. The summed E-state index contributed by atoms with van der Waals surface area (Å²) in [6, 6.07) is 41.8. The maximum absolute atomic E-state index is 4.16. The molecule has 4 rings (SSSR count). The van der Waals surface area contributed by atoms with E-state index in [1.165, 1.54) is 26.4 Å². The van der Waals surface area contributed by atoms with Crippen molar-refractivity contribution in [2.75, 3.05) is 0 Å². The molecular weight excluding hydrogens is 416 g/mol. The second-order valence-corrected chi connectivity index (χ2v) is 14.0. The van der Waals surface area contributed by atoms with Crippen molar-refractivity contribution < 1.29 is 0 Å². The molecule has 1 unspecified atom stereocenters. The lowest BCUT2D eigenvalue weighted by molar-refractivity contribution is 1.62. The Labute approximate surface area is 184 Å². The molecule has 0 heterocycles. The number of benzene rings is 4. The van der Waals surface area contributed by atoms with E-state index >= 15 is 0 Å². The Morgan fingerprint density at radius 1 is 0.500 bits per heavy atom. The van der Waals surface area contributed by atoms with Crippen molar-refractivity contribution in [1.82, 2.24) is 4.86 Å². The summed E-state index contributed by atoms with van der Waals surface area (Å²) in [6.45, 7) is 4.78. The van der Waals surface area contributed by atoms with E-state index in [2.05, 4.69) is 133 Å². The molecule has 149 valence electrons. The van der Waals surface area contributed by atoms with Gasteiger partial charge in [-0.05, 0) is 21.2 Å². The zero-order chi connectivity index (χ0) is 20.8. The van der Waals surface area contributed by atoms with Crippen molar-refractivity contribution in [2.24, 2.45) is 0 Å². The summed E-state index contributed by atoms with van der Waals surface area (Å²) in [5.74, 6) is 0. The first kappa shape index (κ1) is 21.2. The zero-order valence-corrected chi connectivity index (χ0v) is 20.2. The number of rotatable bonds is 7. The van der Waals surface area contributed by atoms with Crippen molar-refractivity contribution in [1.29, 1.82) is 0 Å². The van der Waals surface area contributed by atoms with Crippen molar-refractivity contribution >= 4 is 51.3 Å². The van der Waals surface area contributed by atoms with Gasteiger partial charge in [0.05, 0.1) is 8.80 Å². The summed E-state index contributed by atoms with van der Waals surface area (Å²) in [7, 11) is -1.94. The molecule has 1 nitrogen and oxygen atoms in total. The monoisotopic (exact) mass is 442 g/mol. The Bertz CT molecular complexity index is 1020. The van der Waals surface area contributed by atoms with Crippen molar-refractivity contribution in [3.63, 3.8) is 0 Å². The van der Waals surface area contributed by atoms with Crippen molar-refractivity contribution in [3.8, 4) is 0 Å². The Morgan fingerprint density at radius 3 is 1.37 bits per heavy atom. The molecule has 0 saturated carbocycles. The highest BCUT2D eigenvalue weighted by atomic mass is 31.2. The Morgan fingerprint density at radius 2 is 0.900 bits per heavy atom. The molecule has 0 aliphatic heterocycles. The van der Waals surface area contributed by atoms with Gasteiger partial charge in [-0.25, -0.2) is 0 Å². The van der Waals surface area contributed by atoms with Crippen LogP contribution in [0.4, 0.5) is 0 Å². The van der Waals surface area contributed by atoms with Crippen LogP contribution in [0, 0.1) is 0 Å². The fourth-order valence-electron chi connectivity index (χ4n) is 3.44. The number of nitrogens with one attached hydrogen (secondary N) is 1. The average molecular weight is 443 g/mol. The van der Waals surface area contributed by atoms with Gasteiger partial charge in [0, 0.05) is 16.1 Å². The topological polar surface area (TPSA) is 12.0 Å². The van der Waals surface area contributed by atoms with Gasteiger partial charge in [-0.3, -0.25) is 4.86 Å². The van der Waals surface area contributed by atoms with E-state index < -0.39 is 24.9 Å². The van der Waals surface area contributed by atoms with Gasteiger partial charge >= 0.3 is 0 Å². The van der Waals surface area contributed by atoms with Gasteiger partial charge in [0.15, 0.2) is 0 Å². The highest BCUT2D eigenvalue weighted by Gasteiger charge is 2.24. The minimum absolute atomic E-state index is 0.573. The van der Waals surface area contributed by atoms with Gasteiger partial charge in [0.25, 0.3) is 0 Å². The Kier molecular flexibility index (Phi) is 7.26. The molecule has 1 atom stereocenters. The van der Waals surface area contributed by atoms with E-state index in [1.54, 1.807) is 0 Å². The van der Waals surface area contributed by atoms with Gasteiger partial charge in [-0.15, -0.1) is 0 Å². The fourth-order valence-corrected chi connectivity index (χ4v) is 10.6. The second kappa shape index (κ2) is 10.3. The fraction of sp³-hybridized carbons (Fsp3) is 0.0769. The molecule has 4 heteroatoms. The van der Waals surface area contributed by atoms with Crippen LogP contribution in [0.15, 0.2) is 115 Å². The number of hydrogen-bond acceptors (Lipinski definition) is 1. The summed E-state index contributed by atoms with van der Waals surface area (Å²) in [5, 5.41) is 7.09. The molecule has 4 aromatic carbocycles. The quantitative estimate of drug-likeness (QED) is 0.325. The summed E-state index contributed by atoms with van der Waals surface area (Å²) in [6.07, 6.45) is 0. The predicted molar refractivity (Wildman–Crippen MR) is 138 cm³/mol. The van der Waals surface area contributed by atoms with E-state index in [0.29, 0.717) is 0 Å². The summed E-state index contributed by atoms with van der Waals surface area (Å²) in [4.78, 5) is 4.16. The van der Waals surface area contributed by atoms with Crippen LogP contribution in [0.25, 0.3) is 0 Å². The summed E-state index contributed by atoms with van der Waals surface area (Å²) in [5.41, 5.74) is 0. The highest BCUT2D eigenvalue weighted by molar-refractivity contribution is 7.85. The van der Waals surface area contributed by atoms with Crippen LogP contribution >= 0.6 is 16.1 Å². The minimum atomic E-state index is -0.686. The molecule has 0 fully saturated rings. The zero-order valence-electron chi connectivity index (χ0n) is 17.4. The minimum Gasteiger partial charge on any atom is -0.259 e. The SMILES string of the molecule is C[Si](C)c1ccccc1P(NP(c1ccccc1)c1ccccc1)c1ccccc1. The molecule has 0 aliphatic carbocycles. The third-order valence-corrected chi connectivity index (χ3v) is 11.6. The van der Waals surface area contributed by atoms with Crippen molar-refractivity contribution in [2.45, 2.75) is 13.1 Å². The molecular formula is C26H26NP2Si. The molecule has 0 aliphatic rings. The molecule has 0 bridgehead atoms. The third kappa shape index (κ3) is 4.97. The third-order valence-electron chi connectivity index (χ3n) is 4.93. The van der Waals surface area contributed by atoms with Crippen molar-refractivity contribution in [3.05, 3.63) is 115 Å². The second-order valence-electron chi connectivity index (χ2n) is 7.29. The van der Waals surface area contributed by atoms with Crippen LogP contribution in [0.3, 0.4) is 0 Å². The normalized spacial score (nSPS) is 12.3. The lowest BCUT2D eigenvalue weighted by Gasteiger charge is -2.29. The molecule has 0 aromatic heterocycles. The van der Waals surface area contributed by atoms with Gasteiger partial charge in [-0.1, -0.05) is 134 Å². The van der Waals surface area contributed by atoms with E-state index in [9.17, 15) is 0 Å². The van der Waals surface area contributed by atoms with Gasteiger partial charge in [-0.2, -0.15) is 0 Å². The first-order valence-corrected chi connectivity index (χ1v) is 15.3. The summed E-state index contributed by atoms with van der Waals surface area (Å²) >= 11 is 0. The van der Waals surface area contributed by atoms with Gasteiger partial charge in [0.2, 0.25) is 0 Å². The van der Waals surface area contributed by atoms with Crippen LogP contribution in [-0.4, -0.2) is 8.80 Å². The average Bonchev–Trinajstić information content (AvgIpc) is 2.81. The maximum Gasteiger partial charge on any atom is 0.0800 e. The maximum atomic E-state index is 4.16. The first-order valence-electron chi connectivity index (χ1n) is 10.2. The smallest absolute Gasteiger partial charge is 0.0800 e. The molecule has 1 radical (unpaired) electrons. The first-order chi connectivity index (χ1) is 14.7. The molecule has 30 heavy (non-hydrogen) atoms. The van der Waals surface area contributed by atoms with Crippen LogP contribution in [-0.2, 0) is 0 Å². The largest absolute Gasteiger partial charge is 0.259 e. The van der Waals surface area contributed by atoms with E-state index in [1.807, 2.05) is 0 Å². The standard InChI is InChI=1S/C26H26NP2Si/c1-30(2)26-21-13-12-20-25(26)29(24-18-10-5-11-19-24)27-28(22-14-6-3-7-15-22)23-16-8-4-9-17-23/h3-21,27H,1-2H3. The summed E-state index contributed by atoms with van der Waals surface area (Å²) < 4.78 is 0. The lowest BCUT2D eigenvalue weighted by atomic mass is 10.4. The van der Waals surface area contributed by atoms with Crippen LogP contribution in [0.5, 0.6) is 0 Å². The van der Waals surface area contributed by atoms with Gasteiger partial charge < -0.3 is 0 Å².